The second-order valence-corrected chi connectivity index (χ2v) is 4.02. The third kappa shape index (κ3) is 1.33. The lowest BCUT2D eigenvalue weighted by Gasteiger charge is -1.91. The molecule has 68 valence electrons. The molecule has 0 radical (unpaired) electrons. The van der Waals surface area contributed by atoms with Gasteiger partial charge in [-0.05, 0) is 38.5 Å². The topological polar surface area (TPSA) is 83.0 Å². The van der Waals surface area contributed by atoms with Crippen molar-refractivity contribution in [2.75, 3.05) is 0 Å². The quantitative estimate of drug-likeness (QED) is 0.656. The van der Waals surface area contributed by atoms with Gasteiger partial charge in [0.1, 0.15) is 8.30 Å². The number of fused-ring (bicyclic) bond motifs is 1. The smallest absolute Gasteiger partial charge is 0.270 e. The van der Waals surface area contributed by atoms with Crippen LogP contribution in [-0.4, -0.2) is 19.6 Å². The average Bonchev–Trinajstić information content (AvgIpc) is 2.32. The zero-order chi connectivity index (χ0) is 9.59. The fourth-order valence-corrected chi connectivity index (χ4v) is 1.73. The van der Waals surface area contributed by atoms with Gasteiger partial charge in [-0.3, -0.25) is 9.78 Å². The van der Waals surface area contributed by atoms with Gasteiger partial charge in [0.25, 0.3) is 5.56 Å². The Bertz CT molecular complexity index is 582. The molecule has 0 aromatic carbocycles. The Labute approximate surface area is 92.6 Å². The first-order chi connectivity index (χ1) is 6.09. The molecule has 0 aliphatic carbocycles. The van der Waals surface area contributed by atoms with Gasteiger partial charge in [-0.15, -0.1) is 0 Å². The van der Waals surface area contributed by atoms with Gasteiger partial charge >= 0.3 is 5.69 Å². The fraction of sp³-hybridized carbons (Fsp3) is 0. The van der Waals surface area contributed by atoms with Crippen molar-refractivity contribution in [2.24, 2.45) is 0 Å². The van der Waals surface area contributed by atoms with E-state index in [1.807, 2.05) is 22.6 Å². The second-order valence-electron chi connectivity index (χ2n) is 2.25. The van der Waals surface area contributed by atoms with E-state index in [0.29, 0.717) is 8.30 Å². The largest absolute Gasteiger partial charge is 0.340 e. The molecule has 0 bridgehead atoms. The average molecular weight is 357 g/mol. The number of nitrogens with zero attached hydrogens (tertiary/aromatic N) is 2. The van der Waals surface area contributed by atoms with Gasteiger partial charge in [-0.25, -0.2) is 19.4 Å². The van der Waals surface area contributed by atoms with E-state index in [0.717, 1.165) is 0 Å². The van der Waals surface area contributed by atoms with Crippen LogP contribution in [0.15, 0.2) is 14.2 Å². The maximum atomic E-state index is 11.2. The molecule has 0 saturated carbocycles. The van der Waals surface area contributed by atoms with Crippen molar-refractivity contribution in [3.8, 4) is 0 Å². The molecule has 0 atom stereocenters. The van der Waals surface area contributed by atoms with Crippen LogP contribution in [0.5, 0.6) is 0 Å². The highest BCUT2D eigenvalue weighted by Gasteiger charge is 2.10. The van der Waals surface area contributed by atoms with Crippen molar-refractivity contribution in [1.29, 1.82) is 0 Å². The molecule has 2 aromatic heterocycles. The number of H-pyrrole nitrogens is 2. The molecule has 0 saturated heterocycles. The summed E-state index contributed by atoms with van der Waals surface area (Å²) < 4.78 is 2.47. The lowest BCUT2D eigenvalue weighted by atomic mass is 10.8. The minimum atomic E-state index is -0.563. The normalized spacial score (nSPS) is 10.9. The standard InChI is InChI=1S/C5H2BrIN4O2/c6-1-2(7)8-3-4(12)9-5(13)10-11(1)3/h(H2,9,10,12,13). The Morgan fingerprint density at radius 2 is 2.15 bits per heavy atom. The molecular weight excluding hydrogens is 355 g/mol. The summed E-state index contributed by atoms with van der Waals surface area (Å²) in [4.78, 5) is 28.1. The van der Waals surface area contributed by atoms with E-state index in [9.17, 15) is 9.59 Å². The Balaban J connectivity index is 3.12. The van der Waals surface area contributed by atoms with Crippen LogP contribution in [0.3, 0.4) is 0 Å². The highest BCUT2D eigenvalue weighted by molar-refractivity contribution is 14.1. The van der Waals surface area contributed by atoms with Crippen molar-refractivity contribution in [1.82, 2.24) is 19.6 Å². The Morgan fingerprint density at radius 1 is 1.46 bits per heavy atom. The zero-order valence-corrected chi connectivity index (χ0v) is 9.71. The lowest BCUT2D eigenvalue weighted by molar-refractivity contribution is 0.826. The van der Waals surface area contributed by atoms with Gasteiger partial charge < -0.3 is 0 Å². The molecule has 0 spiro atoms. The molecule has 2 rings (SSSR count). The van der Waals surface area contributed by atoms with Crippen molar-refractivity contribution in [3.63, 3.8) is 0 Å². The van der Waals surface area contributed by atoms with Gasteiger partial charge in [0.05, 0.1) is 0 Å². The van der Waals surface area contributed by atoms with Gasteiger partial charge in [-0.1, -0.05) is 0 Å². The minimum absolute atomic E-state index is 0.163. The SMILES string of the molecule is O=c1[nH]c(=O)c2nc(I)c(Br)n2[nH]1. The summed E-state index contributed by atoms with van der Waals surface area (Å²) in [6, 6.07) is 0. The molecular formula is C5H2BrIN4O2. The van der Waals surface area contributed by atoms with Crippen LogP contribution < -0.4 is 11.2 Å². The molecule has 2 heterocycles. The van der Waals surface area contributed by atoms with Crippen molar-refractivity contribution in [2.45, 2.75) is 0 Å². The van der Waals surface area contributed by atoms with Gasteiger partial charge in [0.2, 0.25) is 5.65 Å². The minimum Gasteiger partial charge on any atom is -0.270 e. The summed E-state index contributed by atoms with van der Waals surface area (Å²) in [5.74, 6) is 0. The number of hydrogen-bond donors (Lipinski definition) is 2. The van der Waals surface area contributed by atoms with E-state index in [-0.39, 0.29) is 5.65 Å². The number of aromatic amines is 2. The van der Waals surface area contributed by atoms with Crippen LogP contribution in [0.1, 0.15) is 0 Å². The van der Waals surface area contributed by atoms with Crippen LogP contribution in [0.4, 0.5) is 0 Å². The maximum absolute atomic E-state index is 11.2. The van der Waals surface area contributed by atoms with Crippen molar-refractivity contribution >= 4 is 44.2 Å². The summed E-state index contributed by atoms with van der Waals surface area (Å²) in [5.41, 5.74) is -0.907. The lowest BCUT2D eigenvalue weighted by Crippen LogP contribution is -2.25. The third-order valence-corrected chi connectivity index (χ3v) is 3.65. The number of aromatic nitrogens is 4. The Hall–Kier alpha value is -0.640. The van der Waals surface area contributed by atoms with Crippen LogP contribution >= 0.6 is 38.5 Å². The molecule has 6 nitrogen and oxygen atoms in total. The molecule has 2 aromatic rings. The zero-order valence-electron chi connectivity index (χ0n) is 5.97. The van der Waals surface area contributed by atoms with E-state index >= 15 is 0 Å². The van der Waals surface area contributed by atoms with E-state index < -0.39 is 11.2 Å². The molecule has 0 aliphatic rings. The third-order valence-electron chi connectivity index (χ3n) is 1.43. The summed E-state index contributed by atoms with van der Waals surface area (Å²) >= 11 is 5.14. The molecule has 0 amide bonds. The molecule has 2 N–H and O–H groups in total. The van der Waals surface area contributed by atoms with Crippen LogP contribution in [0.25, 0.3) is 5.65 Å². The van der Waals surface area contributed by atoms with Crippen LogP contribution in [-0.2, 0) is 0 Å². The van der Waals surface area contributed by atoms with Crippen LogP contribution in [0, 0.1) is 3.70 Å². The van der Waals surface area contributed by atoms with E-state index in [4.69, 9.17) is 0 Å². The first-order valence-electron chi connectivity index (χ1n) is 3.15. The monoisotopic (exact) mass is 356 g/mol. The Morgan fingerprint density at radius 3 is 2.85 bits per heavy atom. The summed E-state index contributed by atoms with van der Waals surface area (Å²) in [6.07, 6.45) is 0. The highest BCUT2D eigenvalue weighted by Crippen LogP contribution is 2.16. The van der Waals surface area contributed by atoms with E-state index in [1.165, 1.54) is 4.52 Å². The Kier molecular flexibility index (Phi) is 2.02. The van der Waals surface area contributed by atoms with Gasteiger partial charge in [-0.2, -0.15) is 0 Å². The molecule has 0 aliphatic heterocycles. The highest BCUT2D eigenvalue weighted by atomic mass is 127. The predicted octanol–water partition coefficient (Wildman–Crippen LogP) is 0.0780. The summed E-state index contributed by atoms with van der Waals surface area (Å²) in [6.45, 7) is 0. The van der Waals surface area contributed by atoms with E-state index in [2.05, 4.69) is 31.0 Å². The predicted molar refractivity (Wildman–Crippen MR) is 56.9 cm³/mol. The molecule has 0 fully saturated rings. The fourth-order valence-electron chi connectivity index (χ4n) is 0.917. The summed E-state index contributed by atoms with van der Waals surface area (Å²) in [7, 11) is 0. The maximum Gasteiger partial charge on any atom is 0.340 e. The number of hydrogen-bond acceptors (Lipinski definition) is 3. The van der Waals surface area contributed by atoms with Crippen molar-refractivity contribution < 1.29 is 0 Å². The number of nitrogens with one attached hydrogen (secondary N) is 2. The summed E-state index contributed by atoms with van der Waals surface area (Å²) in [5, 5.41) is 2.41. The molecule has 8 heteroatoms. The van der Waals surface area contributed by atoms with Gasteiger partial charge in [0.15, 0.2) is 0 Å². The second kappa shape index (κ2) is 2.94. The first kappa shape index (κ1) is 8.94. The number of imidazole rings is 1. The number of rotatable bonds is 0. The molecule has 0 unspecified atom stereocenters. The van der Waals surface area contributed by atoms with Crippen LogP contribution in [0.2, 0.25) is 0 Å². The molecule has 13 heavy (non-hydrogen) atoms. The van der Waals surface area contributed by atoms with Gasteiger partial charge in [0, 0.05) is 0 Å². The first-order valence-corrected chi connectivity index (χ1v) is 5.03. The number of halogens is 2. The van der Waals surface area contributed by atoms with Crippen molar-refractivity contribution in [3.05, 3.63) is 29.1 Å². The van der Waals surface area contributed by atoms with E-state index in [1.54, 1.807) is 0 Å².